The highest BCUT2D eigenvalue weighted by atomic mass is 32.2. The van der Waals surface area contributed by atoms with Gasteiger partial charge in [0.05, 0.1) is 23.7 Å². The van der Waals surface area contributed by atoms with Gasteiger partial charge in [-0.3, -0.25) is 0 Å². The number of rotatable bonds is 8. The molecule has 0 aliphatic carbocycles. The molecule has 1 aromatic heterocycles. The van der Waals surface area contributed by atoms with Crippen LogP contribution >= 0.6 is 0 Å². The molecule has 0 aliphatic rings. The van der Waals surface area contributed by atoms with E-state index in [4.69, 9.17) is 19.7 Å². The third kappa shape index (κ3) is 4.86. The molecule has 0 fully saturated rings. The lowest BCUT2D eigenvalue weighted by Gasteiger charge is -2.17. The first-order valence-corrected chi connectivity index (χ1v) is 10.5. The molecule has 3 rings (SSSR count). The Labute approximate surface area is 174 Å². The smallest absolute Gasteiger partial charge is 0.241 e. The molecule has 30 heavy (non-hydrogen) atoms. The maximum absolute atomic E-state index is 12.3. The number of sulfonamides is 1. The van der Waals surface area contributed by atoms with Gasteiger partial charge in [0.2, 0.25) is 15.9 Å². The van der Waals surface area contributed by atoms with Crippen molar-refractivity contribution < 1.29 is 28.2 Å². The summed E-state index contributed by atoms with van der Waals surface area (Å²) in [4.78, 5) is 6.15. The van der Waals surface area contributed by atoms with Gasteiger partial charge >= 0.3 is 0 Å². The van der Waals surface area contributed by atoms with E-state index in [1.54, 1.807) is 6.20 Å². The molecule has 2 aromatic carbocycles. The molecule has 0 bridgehead atoms. The van der Waals surface area contributed by atoms with Gasteiger partial charge in [-0.25, -0.2) is 18.1 Å². The third-order valence-corrected chi connectivity index (χ3v) is 5.95. The Balaban J connectivity index is 1.78. The van der Waals surface area contributed by atoms with Gasteiger partial charge in [0.15, 0.2) is 12.1 Å². The summed E-state index contributed by atoms with van der Waals surface area (Å²) in [5, 5.41) is 27.3. The topological polar surface area (TPSA) is 136 Å². The van der Waals surface area contributed by atoms with Gasteiger partial charge in [0.25, 0.3) is 0 Å². The van der Waals surface area contributed by atoms with E-state index in [-0.39, 0.29) is 4.90 Å². The Morgan fingerprint density at radius 1 is 1.03 bits per heavy atom. The number of aliphatic hydroxyl groups is 3. The highest BCUT2D eigenvalue weighted by Gasteiger charge is 2.24. The van der Waals surface area contributed by atoms with Gasteiger partial charge in [-0.2, -0.15) is 0 Å². The number of benzene rings is 2. The van der Waals surface area contributed by atoms with Crippen molar-refractivity contribution in [2.75, 3.05) is 25.6 Å². The van der Waals surface area contributed by atoms with Gasteiger partial charge in [0, 0.05) is 30.9 Å². The standard InChI is InChI=1S/C20H23N3O6S/c1-23(2)15-7-3-13(4-8-15)18-11-21-19(29-18)14-5-9-16(10-6-14)30(27,28)22-17(12-24)20(25)26/h3-11,17,20,22,24-26H,12H2,1-2H3. The predicted molar refractivity (Wildman–Crippen MR) is 111 cm³/mol. The van der Waals surface area contributed by atoms with Crippen molar-refractivity contribution >= 4 is 15.7 Å². The molecule has 0 aliphatic heterocycles. The van der Waals surface area contributed by atoms with Crippen LogP contribution in [0.25, 0.3) is 22.8 Å². The normalized spacial score (nSPS) is 12.9. The van der Waals surface area contributed by atoms with E-state index >= 15 is 0 Å². The van der Waals surface area contributed by atoms with E-state index in [0.29, 0.717) is 17.2 Å². The van der Waals surface area contributed by atoms with Crippen molar-refractivity contribution in [1.82, 2.24) is 9.71 Å². The number of nitrogens with zero attached hydrogens (tertiary/aromatic N) is 2. The molecule has 1 heterocycles. The lowest BCUT2D eigenvalue weighted by atomic mass is 10.1. The Morgan fingerprint density at radius 2 is 1.63 bits per heavy atom. The van der Waals surface area contributed by atoms with Gasteiger partial charge in [-0.15, -0.1) is 0 Å². The second kappa shape index (κ2) is 8.94. The Kier molecular flexibility index (Phi) is 6.54. The van der Waals surface area contributed by atoms with Crippen LogP contribution in [0.2, 0.25) is 0 Å². The quantitative estimate of drug-likeness (QED) is 0.387. The van der Waals surface area contributed by atoms with E-state index in [1.807, 2.05) is 48.0 Å². The van der Waals surface area contributed by atoms with Gasteiger partial charge < -0.3 is 24.6 Å². The summed E-state index contributed by atoms with van der Waals surface area (Å²) < 4.78 is 32.5. The van der Waals surface area contributed by atoms with Crippen molar-refractivity contribution in [3.8, 4) is 22.8 Å². The molecular weight excluding hydrogens is 410 g/mol. The highest BCUT2D eigenvalue weighted by Crippen LogP contribution is 2.28. The van der Waals surface area contributed by atoms with E-state index < -0.39 is 29.0 Å². The summed E-state index contributed by atoms with van der Waals surface area (Å²) in [6.45, 7) is -0.760. The zero-order chi connectivity index (χ0) is 21.9. The number of hydrogen-bond acceptors (Lipinski definition) is 8. The van der Waals surface area contributed by atoms with E-state index in [1.165, 1.54) is 24.3 Å². The third-order valence-electron chi connectivity index (χ3n) is 4.45. The fourth-order valence-corrected chi connectivity index (χ4v) is 3.93. The van der Waals surface area contributed by atoms with Crippen molar-refractivity contribution in [2.45, 2.75) is 17.2 Å². The van der Waals surface area contributed by atoms with Crippen LogP contribution in [0.4, 0.5) is 5.69 Å². The largest absolute Gasteiger partial charge is 0.436 e. The maximum atomic E-state index is 12.3. The molecule has 9 nitrogen and oxygen atoms in total. The van der Waals surface area contributed by atoms with E-state index in [0.717, 1.165) is 11.3 Å². The monoisotopic (exact) mass is 433 g/mol. The number of aromatic nitrogens is 1. The van der Waals surface area contributed by atoms with Crippen LogP contribution in [-0.4, -0.2) is 61.8 Å². The van der Waals surface area contributed by atoms with Crippen LogP contribution < -0.4 is 9.62 Å². The number of nitrogens with one attached hydrogen (secondary N) is 1. The molecule has 0 amide bonds. The second-order valence-corrected chi connectivity index (χ2v) is 8.53. The first-order valence-electron chi connectivity index (χ1n) is 9.04. The van der Waals surface area contributed by atoms with Crippen molar-refractivity contribution in [2.24, 2.45) is 0 Å². The molecule has 0 saturated carbocycles. The zero-order valence-corrected chi connectivity index (χ0v) is 17.2. The predicted octanol–water partition coefficient (Wildman–Crippen LogP) is 1.02. The van der Waals surface area contributed by atoms with Gasteiger partial charge in [-0.1, -0.05) is 0 Å². The molecule has 10 heteroatoms. The SMILES string of the molecule is CN(C)c1ccc(-c2cnc(-c3ccc(S(=O)(=O)NC(CO)C(O)O)cc3)o2)cc1. The maximum Gasteiger partial charge on any atom is 0.241 e. The number of hydrogen-bond donors (Lipinski definition) is 4. The second-order valence-electron chi connectivity index (χ2n) is 6.82. The summed E-state index contributed by atoms with van der Waals surface area (Å²) in [7, 11) is -0.139. The minimum Gasteiger partial charge on any atom is -0.436 e. The molecular formula is C20H23N3O6S. The number of oxazole rings is 1. The minimum absolute atomic E-state index is 0.101. The lowest BCUT2D eigenvalue weighted by Crippen LogP contribution is -2.45. The molecule has 0 radical (unpaired) electrons. The molecule has 0 spiro atoms. The number of anilines is 1. The molecule has 1 unspecified atom stereocenters. The molecule has 4 N–H and O–H groups in total. The van der Waals surface area contributed by atoms with Crippen LogP contribution in [0.5, 0.6) is 0 Å². The Morgan fingerprint density at radius 3 is 2.17 bits per heavy atom. The molecule has 3 aromatic rings. The molecule has 0 saturated heterocycles. The zero-order valence-electron chi connectivity index (χ0n) is 16.4. The average molecular weight is 433 g/mol. The van der Waals surface area contributed by atoms with E-state index in [9.17, 15) is 8.42 Å². The number of aliphatic hydroxyl groups excluding tert-OH is 2. The first-order chi connectivity index (χ1) is 14.2. The summed E-state index contributed by atoms with van der Waals surface area (Å²) in [5.74, 6) is 0.911. The van der Waals surface area contributed by atoms with Crippen LogP contribution in [0, 0.1) is 0 Å². The highest BCUT2D eigenvalue weighted by molar-refractivity contribution is 7.89. The Hall–Kier alpha value is -2.76. The van der Waals surface area contributed by atoms with Crippen LogP contribution in [0.3, 0.4) is 0 Å². The van der Waals surface area contributed by atoms with Crippen LogP contribution in [0.1, 0.15) is 0 Å². The van der Waals surface area contributed by atoms with Crippen molar-refractivity contribution in [3.05, 3.63) is 54.7 Å². The molecule has 1 atom stereocenters. The summed E-state index contributed by atoms with van der Waals surface area (Å²) in [6.07, 6.45) is -0.428. The van der Waals surface area contributed by atoms with Crippen molar-refractivity contribution in [3.63, 3.8) is 0 Å². The summed E-state index contributed by atoms with van der Waals surface area (Å²) in [5.41, 5.74) is 2.49. The fourth-order valence-electron chi connectivity index (χ4n) is 2.70. The summed E-state index contributed by atoms with van der Waals surface area (Å²) >= 11 is 0. The van der Waals surface area contributed by atoms with Crippen LogP contribution in [-0.2, 0) is 10.0 Å². The minimum atomic E-state index is -4.05. The molecule has 160 valence electrons. The first kappa shape index (κ1) is 21.9. The van der Waals surface area contributed by atoms with Gasteiger partial charge in [0.1, 0.15) is 0 Å². The Bertz CT molecular complexity index is 1080. The average Bonchev–Trinajstić information content (AvgIpc) is 3.22. The van der Waals surface area contributed by atoms with E-state index in [2.05, 4.69) is 4.98 Å². The van der Waals surface area contributed by atoms with Gasteiger partial charge in [-0.05, 0) is 48.5 Å². The summed E-state index contributed by atoms with van der Waals surface area (Å²) in [6, 6.07) is 12.1. The van der Waals surface area contributed by atoms with Crippen molar-refractivity contribution in [1.29, 1.82) is 0 Å². The fraction of sp³-hybridized carbons (Fsp3) is 0.250. The lowest BCUT2D eigenvalue weighted by molar-refractivity contribution is -0.0723. The van der Waals surface area contributed by atoms with Crippen LogP contribution in [0.15, 0.2) is 64.0 Å².